The number of nitrogens with zero attached hydrogens (tertiary/aromatic N) is 2. The minimum Gasteiger partial charge on any atom is -0.434 e. The van der Waals surface area contributed by atoms with Crippen molar-refractivity contribution in [2.45, 2.75) is 49.8 Å². The van der Waals surface area contributed by atoms with Gasteiger partial charge in [-0.1, -0.05) is 17.7 Å². The van der Waals surface area contributed by atoms with E-state index in [1.54, 1.807) is 12.1 Å². The number of fused-ring (bicyclic) bond motifs is 1. The van der Waals surface area contributed by atoms with Crippen LogP contribution in [0.5, 0.6) is 5.75 Å². The molecule has 15 heteroatoms. The highest BCUT2D eigenvalue weighted by molar-refractivity contribution is 8.82. The molecule has 2 aromatic rings. The molecule has 0 spiro atoms. The number of ether oxygens (including phenoxy) is 2. The average Bonchev–Trinajstić information content (AvgIpc) is 3.30. The summed E-state index contributed by atoms with van der Waals surface area (Å²) in [4.78, 5) is 28.5. The van der Waals surface area contributed by atoms with E-state index in [4.69, 9.17) is 19.8 Å². The number of hydrogen-bond acceptors (Lipinski definition) is 15. The van der Waals surface area contributed by atoms with Crippen molar-refractivity contribution in [2.75, 3.05) is 19.0 Å². The molecule has 0 aliphatic carbocycles. The summed E-state index contributed by atoms with van der Waals surface area (Å²) in [5, 5.41) is 67.5. The summed E-state index contributed by atoms with van der Waals surface area (Å²) in [5.41, 5.74) is -2.19. The van der Waals surface area contributed by atoms with E-state index < -0.39 is 47.9 Å². The van der Waals surface area contributed by atoms with Gasteiger partial charge in [-0.05, 0) is 35.8 Å². The molecule has 1 aromatic heterocycles. The third-order valence-corrected chi connectivity index (χ3v) is 8.24. The maximum absolute atomic E-state index is 12.6. The van der Waals surface area contributed by atoms with E-state index >= 15 is 0 Å². The molecule has 0 bridgehead atoms. The quantitative estimate of drug-likeness (QED) is 0.0852. The summed E-state index contributed by atoms with van der Waals surface area (Å²) >= 11 is 1.15. The van der Waals surface area contributed by atoms with Gasteiger partial charge in [-0.25, -0.2) is 9.78 Å². The zero-order chi connectivity index (χ0) is 26.9. The van der Waals surface area contributed by atoms with Gasteiger partial charge in [-0.2, -0.15) is 5.26 Å². The standard InChI is InChI=1S/C21H26N2O10S3/c1-2-15(26)21(31,18(28)17(27)13(25)10-24)19(29)36-34-7-3-6-32-20(30)33-11-4-5-12-14(8-11)35-16(9-22)23-12/h4-5,8,13,15,17-18,24-28,31H,2-3,6-7,10H2,1H3/t13-,15?,17-,18+,21-/m1/s1. The van der Waals surface area contributed by atoms with Gasteiger partial charge in [-0.15, -0.1) is 11.3 Å². The summed E-state index contributed by atoms with van der Waals surface area (Å²) < 4.78 is 10.7. The fraction of sp³-hybridized carbons (Fsp3) is 0.524. The number of aliphatic hydroxyl groups is 6. The lowest BCUT2D eigenvalue weighted by Gasteiger charge is -2.37. The van der Waals surface area contributed by atoms with Crippen LogP contribution in [0, 0.1) is 11.3 Å². The van der Waals surface area contributed by atoms with Crippen LogP contribution in [0.3, 0.4) is 0 Å². The van der Waals surface area contributed by atoms with Crippen molar-refractivity contribution in [3.8, 4) is 11.8 Å². The van der Waals surface area contributed by atoms with Crippen LogP contribution >= 0.6 is 32.9 Å². The maximum Gasteiger partial charge on any atom is 0.513 e. The Morgan fingerprint density at radius 3 is 2.64 bits per heavy atom. The molecule has 0 amide bonds. The second kappa shape index (κ2) is 14.1. The average molecular weight is 563 g/mol. The predicted molar refractivity (Wildman–Crippen MR) is 132 cm³/mol. The monoisotopic (exact) mass is 562 g/mol. The number of hydrogen-bond donors (Lipinski definition) is 6. The van der Waals surface area contributed by atoms with Crippen LogP contribution in [0.15, 0.2) is 18.2 Å². The Balaban J connectivity index is 1.79. The molecule has 12 nitrogen and oxygen atoms in total. The fourth-order valence-corrected chi connectivity index (χ4v) is 5.85. The Morgan fingerprint density at radius 1 is 1.28 bits per heavy atom. The first-order chi connectivity index (χ1) is 17.1. The van der Waals surface area contributed by atoms with Gasteiger partial charge in [0, 0.05) is 11.8 Å². The highest BCUT2D eigenvalue weighted by Gasteiger charge is 2.52. The second-order valence-electron chi connectivity index (χ2n) is 7.44. The minimum atomic E-state index is -2.80. The van der Waals surface area contributed by atoms with E-state index in [-0.39, 0.29) is 29.5 Å². The lowest BCUT2D eigenvalue weighted by molar-refractivity contribution is -0.193. The fourth-order valence-electron chi connectivity index (χ4n) is 2.92. The molecule has 0 fully saturated rings. The predicted octanol–water partition coefficient (Wildman–Crippen LogP) is 0.558. The summed E-state index contributed by atoms with van der Waals surface area (Å²) in [7, 11) is 1.46. The largest absolute Gasteiger partial charge is 0.513 e. The Kier molecular flexibility index (Phi) is 11.8. The molecule has 6 N–H and O–H groups in total. The van der Waals surface area contributed by atoms with Gasteiger partial charge >= 0.3 is 6.16 Å². The number of carbonyl (C=O) groups is 2. The van der Waals surface area contributed by atoms with Crippen LogP contribution in [0.25, 0.3) is 10.2 Å². The van der Waals surface area contributed by atoms with Crippen LogP contribution in [0.4, 0.5) is 4.79 Å². The molecule has 2 rings (SSSR count). The van der Waals surface area contributed by atoms with Crippen molar-refractivity contribution in [1.82, 2.24) is 4.98 Å². The summed E-state index contributed by atoms with van der Waals surface area (Å²) in [6.45, 7) is 0.461. The van der Waals surface area contributed by atoms with Crippen LogP contribution in [0.2, 0.25) is 0 Å². The van der Waals surface area contributed by atoms with E-state index in [0.29, 0.717) is 27.4 Å². The number of carbonyl (C=O) groups excluding carboxylic acids is 2. The van der Waals surface area contributed by atoms with Gasteiger partial charge in [0.25, 0.3) is 0 Å². The zero-order valence-electron chi connectivity index (χ0n) is 19.0. The first-order valence-electron chi connectivity index (χ1n) is 10.6. The lowest BCUT2D eigenvalue weighted by atomic mass is 9.85. The molecule has 198 valence electrons. The third-order valence-electron chi connectivity index (χ3n) is 4.96. The third kappa shape index (κ3) is 7.51. The molecular weight excluding hydrogens is 536 g/mol. The van der Waals surface area contributed by atoms with Gasteiger partial charge < -0.3 is 40.1 Å². The Hall–Kier alpha value is -2.00. The molecule has 1 aromatic carbocycles. The van der Waals surface area contributed by atoms with Crippen molar-refractivity contribution in [3.05, 3.63) is 23.2 Å². The number of nitriles is 1. The Labute approximate surface area is 217 Å². The highest BCUT2D eigenvalue weighted by atomic mass is 33.1. The van der Waals surface area contributed by atoms with Crippen molar-refractivity contribution in [1.29, 1.82) is 5.26 Å². The molecule has 0 aliphatic rings. The normalized spacial score (nSPS) is 16.4. The zero-order valence-corrected chi connectivity index (χ0v) is 21.5. The smallest absolute Gasteiger partial charge is 0.434 e. The molecule has 0 saturated carbocycles. The van der Waals surface area contributed by atoms with Crippen LogP contribution in [-0.4, -0.2) is 95.9 Å². The van der Waals surface area contributed by atoms with Crippen molar-refractivity contribution >= 4 is 54.4 Å². The van der Waals surface area contributed by atoms with E-state index in [1.165, 1.54) is 13.0 Å². The van der Waals surface area contributed by atoms with Crippen LogP contribution < -0.4 is 4.74 Å². The molecule has 0 aliphatic heterocycles. The van der Waals surface area contributed by atoms with E-state index in [1.807, 2.05) is 6.07 Å². The van der Waals surface area contributed by atoms with Gasteiger partial charge in [0.15, 0.2) is 10.6 Å². The molecule has 0 radical (unpaired) electrons. The Morgan fingerprint density at radius 2 is 2.00 bits per heavy atom. The number of aliphatic hydroxyl groups excluding tert-OH is 5. The second-order valence-corrected chi connectivity index (χ2v) is 10.9. The van der Waals surface area contributed by atoms with E-state index in [2.05, 4.69) is 4.98 Å². The first-order valence-corrected chi connectivity index (χ1v) is 13.8. The van der Waals surface area contributed by atoms with E-state index in [9.17, 15) is 35.1 Å². The number of rotatable bonds is 13. The molecule has 36 heavy (non-hydrogen) atoms. The maximum atomic E-state index is 12.6. The van der Waals surface area contributed by atoms with Crippen LogP contribution in [0.1, 0.15) is 24.8 Å². The highest BCUT2D eigenvalue weighted by Crippen LogP contribution is 2.34. The summed E-state index contributed by atoms with van der Waals surface area (Å²) in [6.07, 6.45) is -8.72. The van der Waals surface area contributed by atoms with Gasteiger partial charge in [-0.3, -0.25) is 4.79 Å². The van der Waals surface area contributed by atoms with Crippen LogP contribution in [-0.2, 0) is 9.53 Å². The number of aromatic nitrogens is 1. The minimum absolute atomic E-state index is 0.0478. The molecule has 1 heterocycles. The van der Waals surface area contributed by atoms with Crippen molar-refractivity contribution in [2.24, 2.45) is 0 Å². The van der Waals surface area contributed by atoms with Gasteiger partial charge in [0.1, 0.15) is 30.1 Å². The van der Waals surface area contributed by atoms with Crippen molar-refractivity contribution in [3.63, 3.8) is 0 Å². The van der Waals surface area contributed by atoms with E-state index in [0.717, 1.165) is 22.1 Å². The summed E-state index contributed by atoms with van der Waals surface area (Å²) in [5.74, 6) is 0.487. The summed E-state index contributed by atoms with van der Waals surface area (Å²) in [6, 6.07) is 6.62. The lowest BCUT2D eigenvalue weighted by Crippen LogP contribution is -2.63. The topological polar surface area (TPSA) is 211 Å². The van der Waals surface area contributed by atoms with Gasteiger partial charge in [0.05, 0.1) is 29.5 Å². The van der Waals surface area contributed by atoms with Crippen molar-refractivity contribution < 1.29 is 49.7 Å². The number of thiazole rings is 1. The molecule has 0 saturated heterocycles. The SMILES string of the molecule is CCC(O)[C@](O)(C(=O)SSCCCOC(=O)Oc1ccc2nc(C#N)sc2c1)[C@@H](O)[C@H](O)[C@H](O)CO. The Bertz CT molecular complexity index is 1080. The molecule has 1 unspecified atom stereocenters. The first kappa shape index (κ1) is 30.2. The molecule has 5 atom stereocenters. The van der Waals surface area contributed by atoms with Gasteiger partial charge in [0.2, 0.25) is 5.12 Å². The molecular formula is C21H26N2O10S3. The number of benzene rings is 1.